The van der Waals surface area contributed by atoms with Crippen molar-refractivity contribution in [2.45, 2.75) is 58.3 Å². The standard InChI is InChI=1S/C21H24N2O12/c1-10(24)31-9-16-18(32-11(2)25)19(33-12(3)26)17(21(35-16)34-13(4)27)22-20(28)14-5-7-15(8-6-14)23(29)30/h5-8,16-19,21H,9H2,1-4H3,(H,22,28)/t16-,17+,18-,19-,21-/m0/s1. The SMILES string of the molecule is CC(=O)OC[C@@H]1O[C@H](OC(C)=O)[C@H](NC(=O)c2ccc([N+](=O)[O-])cc2)[C@H](OC(C)=O)[C@H]1OC(C)=O. The van der Waals surface area contributed by atoms with Crippen molar-refractivity contribution in [1.82, 2.24) is 5.32 Å². The molecule has 0 unspecified atom stereocenters. The molecule has 190 valence electrons. The van der Waals surface area contributed by atoms with Gasteiger partial charge in [0.2, 0.25) is 6.29 Å². The van der Waals surface area contributed by atoms with Crippen LogP contribution in [0.5, 0.6) is 0 Å². The Morgan fingerprint density at radius 3 is 1.91 bits per heavy atom. The first-order chi connectivity index (χ1) is 16.4. The molecule has 5 atom stereocenters. The van der Waals surface area contributed by atoms with Crippen molar-refractivity contribution in [3.05, 3.63) is 39.9 Å². The predicted octanol–water partition coefficient (Wildman–Crippen LogP) is 0.408. The van der Waals surface area contributed by atoms with E-state index < -0.39 is 72.0 Å². The Morgan fingerprint density at radius 1 is 0.886 bits per heavy atom. The smallest absolute Gasteiger partial charge is 0.305 e. The normalized spacial score (nSPS) is 23.4. The van der Waals surface area contributed by atoms with Crippen LogP contribution in [-0.4, -0.2) is 72.0 Å². The average molecular weight is 496 g/mol. The van der Waals surface area contributed by atoms with Gasteiger partial charge in [-0.15, -0.1) is 0 Å². The number of nitrogens with one attached hydrogen (secondary N) is 1. The number of hydrogen-bond acceptors (Lipinski definition) is 12. The number of esters is 4. The number of nitro groups is 1. The number of carbonyl (C=O) groups is 5. The lowest BCUT2D eigenvalue weighted by Gasteiger charge is -2.44. The molecular weight excluding hydrogens is 472 g/mol. The maximum Gasteiger partial charge on any atom is 0.305 e. The van der Waals surface area contributed by atoms with Crippen LogP contribution in [0.1, 0.15) is 38.1 Å². The van der Waals surface area contributed by atoms with Gasteiger partial charge in [0.05, 0.1) is 4.92 Å². The molecule has 1 saturated heterocycles. The van der Waals surface area contributed by atoms with Crippen molar-refractivity contribution in [1.29, 1.82) is 0 Å². The van der Waals surface area contributed by atoms with Gasteiger partial charge in [0.1, 0.15) is 18.8 Å². The summed E-state index contributed by atoms with van der Waals surface area (Å²) in [6.45, 7) is 3.89. The predicted molar refractivity (Wildman–Crippen MR) is 113 cm³/mol. The summed E-state index contributed by atoms with van der Waals surface area (Å²) in [5.41, 5.74) is -0.258. The first-order valence-corrected chi connectivity index (χ1v) is 10.2. The molecule has 2 rings (SSSR count). The second-order valence-electron chi connectivity index (χ2n) is 7.41. The van der Waals surface area contributed by atoms with Crippen molar-refractivity contribution in [3.8, 4) is 0 Å². The molecule has 14 nitrogen and oxygen atoms in total. The van der Waals surface area contributed by atoms with Gasteiger partial charge < -0.3 is 29.0 Å². The number of benzene rings is 1. The Kier molecular flexibility index (Phi) is 9.22. The minimum Gasteiger partial charge on any atom is -0.463 e. The van der Waals surface area contributed by atoms with Gasteiger partial charge in [-0.05, 0) is 12.1 Å². The highest BCUT2D eigenvalue weighted by Crippen LogP contribution is 2.28. The van der Waals surface area contributed by atoms with Crippen LogP contribution in [0, 0.1) is 10.1 Å². The minimum atomic E-state index is -1.55. The van der Waals surface area contributed by atoms with Crippen LogP contribution in [-0.2, 0) is 42.9 Å². The summed E-state index contributed by atoms with van der Waals surface area (Å²) in [7, 11) is 0. The largest absolute Gasteiger partial charge is 0.463 e. The number of nitrogens with zero attached hydrogens (tertiary/aromatic N) is 1. The lowest BCUT2D eigenvalue weighted by atomic mass is 9.95. The molecule has 35 heavy (non-hydrogen) atoms. The van der Waals surface area contributed by atoms with Gasteiger partial charge in [0, 0.05) is 45.4 Å². The van der Waals surface area contributed by atoms with E-state index in [1.165, 1.54) is 12.1 Å². The van der Waals surface area contributed by atoms with Crippen LogP contribution in [0.2, 0.25) is 0 Å². The number of rotatable bonds is 8. The highest BCUT2D eigenvalue weighted by molar-refractivity contribution is 5.94. The zero-order chi connectivity index (χ0) is 26.3. The molecule has 0 aromatic heterocycles. The van der Waals surface area contributed by atoms with Crippen molar-refractivity contribution < 1.29 is 52.6 Å². The summed E-state index contributed by atoms with van der Waals surface area (Å²) in [5, 5.41) is 13.4. The van der Waals surface area contributed by atoms with E-state index in [2.05, 4.69) is 5.32 Å². The summed E-state index contributed by atoms with van der Waals surface area (Å²) < 4.78 is 26.4. The molecule has 1 fully saturated rings. The molecule has 0 spiro atoms. The lowest BCUT2D eigenvalue weighted by molar-refractivity contribution is -0.384. The van der Waals surface area contributed by atoms with E-state index in [1.54, 1.807) is 0 Å². The first-order valence-electron chi connectivity index (χ1n) is 10.2. The van der Waals surface area contributed by atoms with Crippen LogP contribution in [0.4, 0.5) is 5.69 Å². The zero-order valence-corrected chi connectivity index (χ0v) is 19.2. The van der Waals surface area contributed by atoms with Crippen LogP contribution in [0.15, 0.2) is 24.3 Å². The monoisotopic (exact) mass is 496 g/mol. The van der Waals surface area contributed by atoms with E-state index in [-0.39, 0.29) is 11.3 Å². The number of carbonyl (C=O) groups excluding carboxylic acids is 5. The zero-order valence-electron chi connectivity index (χ0n) is 19.2. The first kappa shape index (κ1) is 27.2. The molecule has 1 N–H and O–H groups in total. The summed E-state index contributed by atoms with van der Waals surface area (Å²) in [4.78, 5) is 69.8. The third-order valence-electron chi connectivity index (χ3n) is 4.62. The molecule has 1 aliphatic rings. The number of amides is 1. The fourth-order valence-corrected chi connectivity index (χ4v) is 3.29. The van der Waals surface area contributed by atoms with Gasteiger partial charge >= 0.3 is 23.9 Å². The number of hydrogen-bond donors (Lipinski definition) is 1. The lowest BCUT2D eigenvalue weighted by Crippen LogP contribution is -2.67. The topological polar surface area (TPSA) is 187 Å². The Hall–Kier alpha value is -4.07. The number of non-ortho nitro benzene ring substituents is 1. The second-order valence-corrected chi connectivity index (χ2v) is 7.41. The van der Waals surface area contributed by atoms with Gasteiger partial charge in [-0.3, -0.25) is 34.1 Å². The Morgan fingerprint density at radius 2 is 1.43 bits per heavy atom. The molecule has 0 bridgehead atoms. The Bertz CT molecular complexity index is 993. The summed E-state index contributed by atoms with van der Waals surface area (Å²) >= 11 is 0. The van der Waals surface area contributed by atoms with Gasteiger partial charge in [0.25, 0.3) is 11.6 Å². The van der Waals surface area contributed by atoms with Gasteiger partial charge in [-0.25, -0.2) is 0 Å². The molecule has 0 saturated carbocycles. The molecule has 14 heteroatoms. The Labute approximate surface area is 198 Å². The quantitative estimate of drug-likeness (QED) is 0.226. The van der Waals surface area contributed by atoms with Gasteiger partial charge in [0.15, 0.2) is 12.2 Å². The molecule has 0 radical (unpaired) electrons. The van der Waals surface area contributed by atoms with Crippen molar-refractivity contribution in [2.75, 3.05) is 6.61 Å². The second kappa shape index (κ2) is 11.9. The van der Waals surface area contributed by atoms with E-state index in [9.17, 15) is 34.1 Å². The van der Waals surface area contributed by atoms with E-state index >= 15 is 0 Å². The molecule has 1 aliphatic heterocycles. The summed E-state index contributed by atoms with van der Waals surface area (Å²) in [5.74, 6) is -3.91. The number of ether oxygens (including phenoxy) is 5. The highest BCUT2D eigenvalue weighted by atomic mass is 16.7. The Balaban J connectivity index is 2.44. The van der Waals surface area contributed by atoms with Crippen LogP contribution >= 0.6 is 0 Å². The van der Waals surface area contributed by atoms with E-state index in [4.69, 9.17) is 23.7 Å². The van der Waals surface area contributed by atoms with Crippen LogP contribution in [0.3, 0.4) is 0 Å². The maximum absolute atomic E-state index is 12.9. The molecular formula is C21H24N2O12. The van der Waals surface area contributed by atoms with E-state index in [0.717, 1.165) is 39.8 Å². The molecule has 1 aromatic carbocycles. The van der Waals surface area contributed by atoms with E-state index in [1.807, 2.05) is 0 Å². The van der Waals surface area contributed by atoms with Gasteiger partial charge in [-0.2, -0.15) is 0 Å². The molecule has 1 amide bonds. The summed E-state index contributed by atoms with van der Waals surface area (Å²) in [6, 6.07) is 3.20. The molecule has 0 aliphatic carbocycles. The highest BCUT2D eigenvalue weighted by Gasteiger charge is 2.52. The van der Waals surface area contributed by atoms with Crippen molar-refractivity contribution >= 4 is 35.5 Å². The maximum atomic E-state index is 12.9. The van der Waals surface area contributed by atoms with Crippen LogP contribution in [0.25, 0.3) is 0 Å². The molecule has 1 aromatic rings. The fraction of sp³-hybridized carbons (Fsp3) is 0.476. The van der Waals surface area contributed by atoms with Gasteiger partial charge in [-0.1, -0.05) is 0 Å². The molecule has 1 heterocycles. The third-order valence-corrected chi connectivity index (χ3v) is 4.62. The number of nitro benzene ring substituents is 1. The summed E-state index contributed by atoms with van der Waals surface area (Å²) in [6.07, 6.45) is -5.59. The third kappa shape index (κ3) is 7.74. The van der Waals surface area contributed by atoms with Crippen LogP contribution < -0.4 is 5.32 Å². The fourth-order valence-electron chi connectivity index (χ4n) is 3.29. The minimum absolute atomic E-state index is 0.00942. The van der Waals surface area contributed by atoms with Crippen molar-refractivity contribution in [3.63, 3.8) is 0 Å². The van der Waals surface area contributed by atoms with E-state index in [0.29, 0.717) is 0 Å². The average Bonchev–Trinajstić information content (AvgIpc) is 2.75. The van der Waals surface area contributed by atoms with Crippen molar-refractivity contribution in [2.24, 2.45) is 0 Å².